The highest BCUT2D eigenvalue weighted by molar-refractivity contribution is 5.72. The Kier molecular flexibility index (Phi) is 6.29. The average Bonchev–Trinajstić information content (AvgIpc) is 2.88. The van der Waals surface area contributed by atoms with Crippen molar-refractivity contribution < 1.29 is 9.15 Å². The Balaban J connectivity index is 1.42. The van der Waals surface area contributed by atoms with Crippen molar-refractivity contribution in [1.82, 2.24) is 4.57 Å². The second-order valence-corrected chi connectivity index (χ2v) is 9.32. The van der Waals surface area contributed by atoms with Gasteiger partial charge in [-0.15, -0.1) is 0 Å². The molecule has 2 aromatic rings. The molecule has 2 aliphatic rings. The van der Waals surface area contributed by atoms with Crippen LogP contribution in [0.25, 0.3) is 11.1 Å². The molecule has 158 valence electrons. The van der Waals surface area contributed by atoms with Gasteiger partial charge in [-0.1, -0.05) is 37.6 Å². The molecule has 0 N–H and O–H groups in total. The maximum atomic E-state index is 12.5. The van der Waals surface area contributed by atoms with Crippen molar-refractivity contribution in [2.45, 2.75) is 90.2 Å². The molecule has 1 unspecified atom stereocenters. The lowest BCUT2D eigenvalue weighted by Crippen LogP contribution is -2.28. The number of para-hydroxylation sites is 2. The summed E-state index contributed by atoms with van der Waals surface area (Å²) in [4.78, 5) is 12.5. The number of rotatable bonds is 5. The van der Waals surface area contributed by atoms with Gasteiger partial charge >= 0.3 is 5.76 Å². The number of ether oxygens (including phenoxy) is 1. The number of hydrogen-bond donors (Lipinski definition) is 0. The number of aromatic nitrogens is 1. The minimum atomic E-state index is -0.207. The number of oxazole rings is 1. The summed E-state index contributed by atoms with van der Waals surface area (Å²) in [6.45, 7) is 5.50. The highest BCUT2D eigenvalue weighted by atomic mass is 16.5. The smallest absolute Gasteiger partial charge is 0.408 e. The molecule has 1 atom stereocenters. The van der Waals surface area contributed by atoms with E-state index in [1.165, 1.54) is 25.7 Å². The van der Waals surface area contributed by atoms with Crippen LogP contribution in [0.1, 0.15) is 84.1 Å². The molecule has 4 heteroatoms. The van der Waals surface area contributed by atoms with Gasteiger partial charge in [-0.2, -0.15) is 0 Å². The molecule has 2 fully saturated rings. The summed E-state index contributed by atoms with van der Waals surface area (Å²) in [5.41, 5.74) is 3.53. The molecule has 1 aromatic heterocycles. The Labute approximate surface area is 173 Å². The summed E-state index contributed by atoms with van der Waals surface area (Å²) in [5, 5.41) is 0. The van der Waals surface area contributed by atoms with Crippen molar-refractivity contribution in [3.8, 4) is 0 Å². The van der Waals surface area contributed by atoms with Crippen LogP contribution in [0, 0.1) is 5.41 Å². The molecule has 4 rings (SSSR count). The van der Waals surface area contributed by atoms with Gasteiger partial charge in [-0.25, -0.2) is 4.79 Å². The summed E-state index contributed by atoms with van der Waals surface area (Å²) >= 11 is 0. The predicted molar refractivity (Wildman–Crippen MR) is 117 cm³/mol. The van der Waals surface area contributed by atoms with Gasteiger partial charge in [0.1, 0.15) is 0 Å². The summed E-state index contributed by atoms with van der Waals surface area (Å²) in [6, 6.07) is 8.03. The van der Waals surface area contributed by atoms with Gasteiger partial charge in [-0.3, -0.25) is 4.57 Å². The largest absolute Gasteiger partial charge is 0.420 e. The van der Waals surface area contributed by atoms with E-state index in [0.717, 1.165) is 50.6 Å². The number of nitrogens with zero attached hydrogens (tertiary/aromatic N) is 1. The van der Waals surface area contributed by atoms with Crippen LogP contribution in [0.4, 0.5) is 0 Å². The topological polar surface area (TPSA) is 44.4 Å². The van der Waals surface area contributed by atoms with E-state index in [9.17, 15) is 4.79 Å². The fraction of sp³-hybridized carbons (Fsp3) is 0.640. The molecular formula is C25H35NO3. The molecule has 2 aliphatic carbocycles. The van der Waals surface area contributed by atoms with Gasteiger partial charge in [0.2, 0.25) is 0 Å². The second-order valence-electron chi connectivity index (χ2n) is 9.32. The lowest BCUT2D eigenvalue weighted by molar-refractivity contribution is 0.00980. The van der Waals surface area contributed by atoms with Gasteiger partial charge in [-0.05, 0) is 81.8 Å². The highest BCUT2D eigenvalue weighted by Gasteiger charge is 2.30. The van der Waals surface area contributed by atoms with Crippen molar-refractivity contribution in [3.05, 3.63) is 46.5 Å². The van der Waals surface area contributed by atoms with Gasteiger partial charge in [0.15, 0.2) is 5.58 Å². The molecule has 29 heavy (non-hydrogen) atoms. The minimum Gasteiger partial charge on any atom is -0.408 e. The third-order valence-corrected chi connectivity index (χ3v) is 6.90. The van der Waals surface area contributed by atoms with Crippen LogP contribution < -0.4 is 5.76 Å². The van der Waals surface area contributed by atoms with Crippen LogP contribution in [-0.4, -0.2) is 17.3 Å². The summed E-state index contributed by atoms with van der Waals surface area (Å²) in [6.07, 6.45) is 14.4. The molecule has 0 amide bonds. The fourth-order valence-corrected chi connectivity index (χ4v) is 5.26. The van der Waals surface area contributed by atoms with Gasteiger partial charge in [0.25, 0.3) is 0 Å². The molecule has 1 heterocycles. The predicted octanol–water partition coefficient (Wildman–Crippen LogP) is 6.40. The highest BCUT2D eigenvalue weighted by Crippen LogP contribution is 2.41. The first kappa shape index (κ1) is 20.5. The molecule has 0 spiro atoms. The third kappa shape index (κ3) is 4.69. The molecule has 0 radical (unpaired) electrons. The standard InChI is InChI=1S/C25H35NO3/c1-3-17-28-21-13-15-25(2,16-14-21)18-19-7-6-8-20(12-11-19)26-22-9-4-5-10-23(22)29-24(26)27/h4-5,9-10,18,20-21H,3,6-8,11-17H2,1-2H3/b19-18-. The van der Waals surface area contributed by atoms with E-state index in [2.05, 4.69) is 19.9 Å². The Morgan fingerprint density at radius 3 is 2.76 bits per heavy atom. The zero-order valence-corrected chi connectivity index (χ0v) is 18.0. The van der Waals surface area contributed by atoms with E-state index >= 15 is 0 Å². The molecule has 0 saturated heterocycles. The summed E-state index contributed by atoms with van der Waals surface area (Å²) in [5.74, 6) is -0.207. The van der Waals surface area contributed by atoms with Crippen LogP contribution in [0.5, 0.6) is 0 Å². The second kappa shape index (κ2) is 8.91. The lowest BCUT2D eigenvalue weighted by Gasteiger charge is -2.36. The van der Waals surface area contributed by atoms with Crippen LogP contribution in [-0.2, 0) is 4.74 Å². The summed E-state index contributed by atoms with van der Waals surface area (Å²) in [7, 11) is 0. The average molecular weight is 398 g/mol. The Morgan fingerprint density at radius 2 is 1.97 bits per heavy atom. The molecule has 0 aliphatic heterocycles. The Hall–Kier alpha value is -1.81. The van der Waals surface area contributed by atoms with Crippen LogP contribution in [0.3, 0.4) is 0 Å². The van der Waals surface area contributed by atoms with Crippen molar-refractivity contribution in [3.63, 3.8) is 0 Å². The van der Waals surface area contributed by atoms with Gasteiger partial charge in [0.05, 0.1) is 11.6 Å². The fourth-order valence-electron chi connectivity index (χ4n) is 5.26. The van der Waals surface area contributed by atoms with Crippen LogP contribution >= 0.6 is 0 Å². The van der Waals surface area contributed by atoms with Crippen molar-refractivity contribution in [2.24, 2.45) is 5.41 Å². The van der Waals surface area contributed by atoms with Gasteiger partial charge < -0.3 is 9.15 Å². The number of fused-ring (bicyclic) bond motifs is 1. The molecule has 1 aromatic carbocycles. The van der Waals surface area contributed by atoms with E-state index in [1.807, 2.05) is 28.8 Å². The minimum absolute atomic E-state index is 0.207. The van der Waals surface area contributed by atoms with E-state index < -0.39 is 0 Å². The van der Waals surface area contributed by atoms with Gasteiger partial charge in [0, 0.05) is 12.6 Å². The maximum absolute atomic E-state index is 12.5. The number of allylic oxidation sites excluding steroid dienone is 2. The molecule has 2 saturated carbocycles. The lowest BCUT2D eigenvalue weighted by atomic mass is 9.73. The maximum Gasteiger partial charge on any atom is 0.420 e. The van der Waals surface area contributed by atoms with Crippen LogP contribution in [0.15, 0.2) is 45.1 Å². The quantitative estimate of drug-likeness (QED) is 0.433. The van der Waals surface area contributed by atoms with Crippen molar-refractivity contribution in [2.75, 3.05) is 6.61 Å². The number of benzene rings is 1. The molecule has 0 bridgehead atoms. The molecular weight excluding hydrogens is 362 g/mol. The number of hydrogen-bond acceptors (Lipinski definition) is 3. The van der Waals surface area contributed by atoms with Crippen molar-refractivity contribution >= 4 is 11.1 Å². The van der Waals surface area contributed by atoms with Crippen molar-refractivity contribution in [1.29, 1.82) is 0 Å². The zero-order valence-electron chi connectivity index (χ0n) is 18.0. The first-order chi connectivity index (χ1) is 14.1. The first-order valence-electron chi connectivity index (χ1n) is 11.5. The summed E-state index contributed by atoms with van der Waals surface area (Å²) < 4.78 is 13.4. The SMILES string of the molecule is CCCOC1CCC(C)(/C=C2/CCCC(n3c(=O)oc4ccccc43)CC2)CC1. The molecule has 4 nitrogen and oxygen atoms in total. The van der Waals surface area contributed by atoms with E-state index in [4.69, 9.17) is 9.15 Å². The normalized spacial score (nSPS) is 29.9. The Morgan fingerprint density at radius 1 is 1.17 bits per heavy atom. The third-order valence-electron chi connectivity index (χ3n) is 6.90. The van der Waals surface area contributed by atoms with E-state index in [1.54, 1.807) is 5.57 Å². The van der Waals surface area contributed by atoms with E-state index in [0.29, 0.717) is 17.1 Å². The first-order valence-corrected chi connectivity index (χ1v) is 11.5. The van der Waals surface area contributed by atoms with Crippen LogP contribution in [0.2, 0.25) is 0 Å². The zero-order chi connectivity index (χ0) is 20.3. The van der Waals surface area contributed by atoms with E-state index in [-0.39, 0.29) is 11.8 Å². The Bertz CT molecular complexity index is 898. The monoisotopic (exact) mass is 397 g/mol.